The smallest absolute Gasteiger partial charge is 0.136 e. The van der Waals surface area contributed by atoms with E-state index in [0.717, 1.165) is 27.9 Å². The summed E-state index contributed by atoms with van der Waals surface area (Å²) in [5.74, 6) is 0.286. The van der Waals surface area contributed by atoms with Crippen LogP contribution in [0.5, 0.6) is 0 Å². The number of hydrogen-bond acceptors (Lipinski definition) is 3. The molecule has 4 heteroatoms. The van der Waals surface area contributed by atoms with E-state index in [2.05, 4.69) is 35.9 Å². The molecule has 3 aromatic rings. The summed E-state index contributed by atoms with van der Waals surface area (Å²) in [4.78, 5) is 13.2. The highest BCUT2D eigenvalue weighted by atomic mass is 35.5. The van der Waals surface area contributed by atoms with Crippen molar-refractivity contribution in [3.05, 3.63) is 64.8 Å². The van der Waals surface area contributed by atoms with Gasteiger partial charge in [0.2, 0.25) is 0 Å². The number of benzene rings is 1. The summed E-state index contributed by atoms with van der Waals surface area (Å²) in [6.45, 7) is 4.20. The number of hydrogen-bond donors (Lipinski definition) is 0. The van der Waals surface area contributed by atoms with Crippen LogP contribution in [0, 0.1) is 0 Å². The number of para-hydroxylation sites is 1. The van der Waals surface area contributed by atoms with Crippen LogP contribution in [-0.2, 0) is 6.42 Å². The van der Waals surface area contributed by atoms with E-state index in [1.807, 2.05) is 24.3 Å². The van der Waals surface area contributed by atoms with E-state index < -0.39 is 0 Å². The fraction of sp³-hybridized carbons (Fsp3) is 0.235. The van der Waals surface area contributed by atoms with Gasteiger partial charge < -0.3 is 0 Å². The van der Waals surface area contributed by atoms with Crippen molar-refractivity contribution in [3.8, 4) is 0 Å². The average molecular weight is 298 g/mol. The molecule has 2 aromatic heterocycles. The third-order valence-corrected chi connectivity index (χ3v) is 3.80. The van der Waals surface area contributed by atoms with Crippen molar-refractivity contribution in [2.45, 2.75) is 26.2 Å². The molecule has 0 bridgehead atoms. The second-order valence-corrected chi connectivity index (χ2v) is 5.71. The van der Waals surface area contributed by atoms with Gasteiger partial charge in [0.05, 0.1) is 11.2 Å². The standard InChI is InChI=1S/C17H16ClN3/c1-11(2)16-15(19-10-20-17(16)18)9-13-8-7-12-5-3-4-6-14(12)21-13/h3-8,10-11H,9H2,1-2H3. The second-order valence-electron chi connectivity index (χ2n) is 5.35. The minimum atomic E-state index is 0.286. The number of aromatic nitrogens is 3. The Morgan fingerprint density at radius 2 is 1.86 bits per heavy atom. The van der Waals surface area contributed by atoms with E-state index >= 15 is 0 Å². The largest absolute Gasteiger partial charge is 0.252 e. The highest BCUT2D eigenvalue weighted by molar-refractivity contribution is 6.30. The van der Waals surface area contributed by atoms with E-state index in [0.29, 0.717) is 11.6 Å². The minimum absolute atomic E-state index is 0.286. The summed E-state index contributed by atoms with van der Waals surface area (Å²) in [6.07, 6.45) is 2.19. The van der Waals surface area contributed by atoms with Crippen LogP contribution < -0.4 is 0 Å². The normalized spacial score (nSPS) is 11.2. The molecule has 0 unspecified atom stereocenters. The average Bonchev–Trinajstić information content (AvgIpc) is 2.47. The van der Waals surface area contributed by atoms with Crippen LogP contribution >= 0.6 is 11.6 Å². The maximum Gasteiger partial charge on any atom is 0.136 e. The molecule has 21 heavy (non-hydrogen) atoms. The van der Waals surface area contributed by atoms with Gasteiger partial charge in [-0.15, -0.1) is 0 Å². The first-order chi connectivity index (χ1) is 10.1. The maximum absolute atomic E-state index is 6.21. The van der Waals surface area contributed by atoms with Crippen molar-refractivity contribution in [2.24, 2.45) is 0 Å². The fourth-order valence-electron chi connectivity index (χ4n) is 2.50. The van der Waals surface area contributed by atoms with Gasteiger partial charge in [-0.1, -0.05) is 49.7 Å². The third-order valence-electron chi connectivity index (χ3n) is 3.50. The fourth-order valence-corrected chi connectivity index (χ4v) is 2.87. The Kier molecular flexibility index (Phi) is 3.84. The van der Waals surface area contributed by atoms with Crippen LogP contribution in [0.4, 0.5) is 0 Å². The molecule has 0 saturated carbocycles. The monoisotopic (exact) mass is 297 g/mol. The Labute approximate surface area is 129 Å². The van der Waals surface area contributed by atoms with Crippen molar-refractivity contribution >= 4 is 22.5 Å². The Morgan fingerprint density at radius 1 is 1.05 bits per heavy atom. The van der Waals surface area contributed by atoms with Crippen LogP contribution in [0.3, 0.4) is 0 Å². The number of halogens is 1. The number of pyridine rings is 1. The molecule has 0 aliphatic heterocycles. The Morgan fingerprint density at radius 3 is 2.67 bits per heavy atom. The Hall–Kier alpha value is -2.00. The molecule has 106 valence electrons. The third kappa shape index (κ3) is 2.88. The zero-order chi connectivity index (χ0) is 14.8. The lowest BCUT2D eigenvalue weighted by Gasteiger charge is -2.12. The molecule has 0 aliphatic carbocycles. The quantitative estimate of drug-likeness (QED) is 0.673. The molecule has 0 radical (unpaired) electrons. The molecule has 2 heterocycles. The summed E-state index contributed by atoms with van der Waals surface area (Å²) in [5, 5.41) is 1.68. The molecule has 0 aliphatic rings. The van der Waals surface area contributed by atoms with E-state index in [-0.39, 0.29) is 5.92 Å². The predicted octanol–water partition coefficient (Wildman–Crippen LogP) is 4.39. The summed E-state index contributed by atoms with van der Waals surface area (Å²) in [7, 11) is 0. The van der Waals surface area contributed by atoms with E-state index in [4.69, 9.17) is 16.6 Å². The molecule has 3 nitrogen and oxygen atoms in total. The van der Waals surface area contributed by atoms with Gasteiger partial charge in [-0.25, -0.2) is 9.97 Å². The van der Waals surface area contributed by atoms with Gasteiger partial charge in [0.1, 0.15) is 11.5 Å². The molecular formula is C17H16ClN3. The lowest BCUT2D eigenvalue weighted by Crippen LogP contribution is -2.04. The topological polar surface area (TPSA) is 38.7 Å². The molecule has 0 N–H and O–H groups in total. The minimum Gasteiger partial charge on any atom is -0.252 e. The zero-order valence-electron chi connectivity index (χ0n) is 12.0. The summed E-state index contributed by atoms with van der Waals surface area (Å²) >= 11 is 6.21. The van der Waals surface area contributed by atoms with Crippen LogP contribution in [0.1, 0.15) is 36.7 Å². The molecular weight excluding hydrogens is 282 g/mol. The molecule has 3 rings (SSSR count). The molecule has 0 saturated heterocycles. The first kappa shape index (κ1) is 14.0. The van der Waals surface area contributed by atoms with Gasteiger partial charge in [0.25, 0.3) is 0 Å². The van der Waals surface area contributed by atoms with E-state index in [1.165, 1.54) is 6.33 Å². The van der Waals surface area contributed by atoms with Gasteiger partial charge in [-0.05, 0) is 18.1 Å². The first-order valence-corrected chi connectivity index (χ1v) is 7.37. The van der Waals surface area contributed by atoms with Crippen LogP contribution in [0.2, 0.25) is 5.15 Å². The van der Waals surface area contributed by atoms with Crippen molar-refractivity contribution in [2.75, 3.05) is 0 Å². The Bertz CT molecular complexity index is 784. The molecule has 0 amide bonds. The lowest BCUT2D eigenvalue weighted by molar-refractivity contribution is 0.812. The van der Waals surface area contributed by atoms with Crippen LogP contribution in [0.25, 0.3) is 10.9 Å². The van der Waals surface area contributed by atoms with Crippen molar-refractivity contribution < 1.29 is 0 Å². The zero-order valence-corrected chi connectivity index (χ0v) is 12.8. The van der Waals surface area contributed by atoms with E-state index in [1.54, 1.807) is 0 Å². The number of fused-ring (bicyclic) bond motifs is 1. The second kappa shape index (κ2) is 5.78. The van der Waals surface area contributed by atoms with Gasteiger partial charge in [-0.2, -0.15) is 0 Å². The summed E-state index contributed by atoms with van der Waals surface area (Å²) in [6, 6.07) is 12.2. The van der Waals surface area contributed by atoms with Crippen LogP contribution in [0.15, 0.2) is 42.7 Å². The lowest BCUT2D eigenvalue weighted by atomic mass is 10.0. The van der Waals surface area contributed by atoms with Gasteiger partial charge >= 0.3 is 0 Å². The molecule has 0 atom stereocenters. The van der Waals surface area contributed by atoms with Gasteiger partial charge in [-0.3, -0.25) is 4.98 Å². The van der Waals surface area contributed by atoms with E-state index in [9.17, 15) is 0 Å². The maximum atomic E-state index is 6.21. The molecule has 0 spiro atoms. The SMILES string of the molecule is CC(C)c1c(Cl)ncnc1Cc1ccc2ccccc2n1. The first-order valence-electron chi connectivity index (χ1n) is 6.99. The van der Waals surface area contributed by atoms with Crippen molar-refractivity contribution in [3.63, 3.8) is 0 Å². The molecule has 1 aromatic carbocycles. The van der Waals surface area contributed by atoms with Crippen molar-refractivity contribution in [1.82, 2.24) is 15.0 Å². The van der Waals surface area contributed by atoms with Gasteiger partial charge in [0.15, 0.2) is 0 Å². The van der Waals surface area contributed by atoms with Gasteiger partial charge in [0, 0.05) is 23.1 Å². The molecule has 0 fully saturated rings. The number of rotatable bonds is 3. The summed E-state index contributed by atoms with van der Waals surface area (Å²) < 4.78 is 0. The highest BCUT2D eigenvalue weighted by Crippen LogP contribution is 2.26. The van der Waals surface area contributed by atoms with Crippen molar-refractivity contribution in [1.29, 1.82) is 0 Å². The Balaban J connectivity index is 2.00. The predicted molar refractivity (Wildman–Crippen MR) is 85.7 cm³/mol. The highest BCUT2D eigenvalue weighted by Gasteiger charge is 2.14. The van der Waals surface area contributed by atoms with Crippen LogP contribution in [-0.4, -0.2) is 15.0 Å². The summed E-state index contributed by atoms with van der Waals surface area (Å²) in [5.41, 5.74) is 3.95. The number of nitrogens with zero attached hydrogens (tertiary/aromatic N) is 3.